The standard InChI is InChI=1S/C32H26FN5O5/c1-34-23-9-7-22(25(33)16-23)19-43-30-6-2-5-26(36-30)20-11-12-37(31(39)15-20)18-29-35-27-10-8-21(32(40)41)14-28(27)38(29)17-24-4-3-13-42-24/h2,5-12,14-16,24H,3-4,13,17-19H2,(H,40,41)/t24-/m0/s1. The molecule has 1 aliphatic heterocycles. The van der Waals surface area contributed by atoms with E-state index in [4.69, 9.17) is 21.0 Å². The van der Waals surface area contributed by atoms with Gasteiger partial charge in [0.1, 0.15) is 18.2 Å². The maximum Gasteiger partial charge on any atom is 0.335 e. The number of benzene rings is 2. The number of fused-ring (bicyclic) bond motifs is 1. The van der Waals surface area contributed by atoms with Crippen molar-refractivity contribution in [1.29, 1.82) is 0 Å². The van der Waals surface area contributed by atoms with Crippen LogP contribution in [0.3, 0.4) is 0 Å². The number of hydrogen-bond donors (Lipinski definition) is 1. The third-order valence-corrected chi connectivity index (χ3v) is 7.35. The lowest BCUT2D eigenvalue weighted by atomic mass is 10.2. The van der Waals surface area contributed by atoms with Gasteiger partial charge in [-0.3, -0.25) is 4.79 Å². The van der Waals surface area contributed by atoms with Gasteiger partial charge in [0, 0.05) is 36.1 Å². The smallest absolute Gasteiger partial charge is 0.335 e. The molecule has 5 aromatic rings. The maximum absolute atomic E-state index is 14.2. The van der Waals surface area contributed by atoms with E-state index in [1.54, 1.807) is 42.6 Å². The molecule has 4 heterocycles. The molecule has 6 rings (SSSR count). The Balaban J connectivity index is 1.24. The van der Waals surface area contributed by atoms with E-state index in [1.807, 2.05) is 4.57 Å². The van der Waals surface area contributed by atoms with Gasteiger partial charge in [0.15, 0.2) is 5.69 Å². The lowest BCUT2D eigenvalue weighted by molar-refractivity contribution is 0.0697. The van der Waals surface area contributed by atoms with Crippen molar-refractivity contribution in [2.75, 3.05) is 6.61 Å². The second kappa shape index (κ2) is 11.9. The summed E-state index contributed by atoms with van der Waals surface area (Å²) in [4.78, 5) is 37.3. The summed E-state index contributed by atoms with van der Waals surface area (Å²) < 4.78 is 29.2. The number of halogens is 1. The van der Waals surface area contributed by atoms with Crippen molar-refractivity contribution in [2.45, 2.75) is 38.6 Å². The average molecular weight is 580 g/mol. The SMILES string of the molecule is [C-]#[N+]c1ccc(COc2cccc(-c3ccn(Cc4nc5ccc(C(=O)O)cc5n4C[C@@H]4CCCO4)c(=O)c3)n2)c(F)c1. The number of aromatic carboxylic acids is 1. The third kappa shape index (κ3) is 6.00. The van der Waals surface area contributed by atoms with Crippen LogP contribution in [0.1, 0.15) is 34.6 Å². The Morgan fingerprint density at radius 1 is 1.14 bits per heavy atom. The van der Waals surface area contributed by atoms with E-state index in [0.717, 1.165) is 18.9 Å². The molecule has 0 amide bonds. The normalized spacial score (nSPS) is 14.6. The van der Waals surface area contributed by atoms with Gasteiger partial charge in [0.2, 0.25) is 5.88 Å². The number of nitrogens with zero attached hydrogens (tertiary/aromatic N) is 5. The van der Waals surface area contributed by atoms with Crippen LogP contribution in [0.15, 0.2) is 77.7 Å². The highest BCUT2D eigenvalue weighted by Gasteiger charge is 2.21. The van der Waals surface area contributed by atoms with Crippen LogP contribution in [0.2, 0.25) is 0 Å². The number of carboxylic acid groups (broad SMARTS) is 1. The van der Waals surface area contributed by atoms with Crippen molar-refractivity contribution in [3.05, 3.63) is 117 Å². The van der Waals surface area contributed by atoms with Gasteiger partial charge in [-0.1, -0.05) is 18.2 Å². The minimum atomic E-state index is -1.02. The molecule has 0 bridgehead atoms. The van der Waals surface area contributed by atoms with Crippen LogP contribution in [0, 0.1) is 12.4 Å². The first-order chi connectivity index (χ1) is 20.9. The lowest BCUT2D eigenvalue weighted by Gasteiger charge is -2.15. The number of aromatic nitrogens is 4. The number of rotatable bonds is 9. The summed E-state index contributed by atoms with van der Waals surface area (Å²) in [5, 5.41) is 9.51. The molecule has 1 N–H and O–H groups in total. The largest absolute Gasteiger partial charge is 0.478 e. The van der Waals surface area contributed by atoms with Crippen molar-refractivity contribution in [2.24, 2.45) is 0 Å². The second-order valence-electron chi connectivity index (χ2n) is 10.2. The van der Waals surface area contributed by atoms with E-state index in [-0.39, 0.29) is 41.9 Å². The van der Waals surface area contributed by atoms with Gasteiger partial charge in [-0.15, -0.1) is 0 Å². The highest BCUT2D eigenvalue weighted by molar-refractivity contribution is 5.92. The molecule has 0 spiro atoms. The van der Waals surface area contributed by atoms with Crippen molar-refractivity contribution in [3.63, 3.8) is 0 Å². The fourth-order valence-corrected chi connectivity index (χ4v) is 5.10. The maximum atomic E-state index is 14.2. The Kier molecular flexibility index (Phi) is 7.68. The Bertz CT molecular complexity index is 1940. The summed E-state index contributed by atoms with van der Waals surface area (Å²) in [5.74, 6) is -0.669. The second-order valence-corrected chi connectivity index (χ2v) is 10.2. The lowest BCUT2D eigenvalue weighted by Crippen LogP contribution is -2.23. The fraction of sp³-hybridized carbons (Fsp3) is 0.219. The minimum absolute atomic E-state index is 0.0149. The zero-order chi connectivity index (χ0) is 29.9. The molecule has 0 unspecified atom stereocenters. The Labute approximate surface area is 245 Å². The predicted molar refractivity (Wildman–Crippen MR) is 156 cm³/mol. The molecular formula is C32H26FN5O5. The fourth-order valence-electron chi connectivity index (χ4n) is 5.10. The monoisotopic (exact) mass is 579 g/mol. The first kappa shape index (κ1) is 27.8. The minimum Gasteiger partial charge on any atom is -0.478 e. The Morgan fingerprint density at radius 2 is 2.02 bits per heavy atom. The number of imidazole rings is 1. The molecule has 216 valence electrons. The van der Waals surface area contributed by atoms with Crippen LogP contribution in [-0.2, 0) is 24.4 Å². The van der Waals surface area contributed by atoms with Gasteiger partial charge in [0.25, 0.3) is 5.56 Å². The van der Waals surface area contributed by atoms with Gasteiger partial charge >= 0.3 is 5.97 Å². The van der Waals surface area contributed by atoms with E-state index < -0.39 is 11.8 Å². The predicted octanol–water partition coefficient (Wildman–Crippen LogP) is 5.45. The third-order valence-electron chi connectivity index (χ3n) is 7.35. The van der Waals surface area contributed by atoms with E-state index in [1.165, 1.54) is 28.8 Å². The van der Waals surface area contributed by atoms with Gasteiger partial charge < -0.3 is 23.7 Å². The molecule has 1 atom stereocenters. The molecule has 1 aliphatic rings. The van der Waals surface area contributed by atoms with Gasteiger partial charge in [-0.05, 0) is 49.2 Å². The molecule has 0 saturated carbocycles. The molecule has 1 fully saturated rings. The van der Waals surface area contributed by atoms with E-state index in [0.29, 0.717) is 46.8 Å². The summed E-state index contributed by atoms with van der Waals surface area (Å²) in [6.45, 7) is 8.30. The number of carbonyl (C=O) groups is 1. The summed E-state index contributed by atoms with van der Waals surface area (Å²) in [6.07, 6.45) is 3.51. The molecular weight excluding hydrogens is 553 g/mol. The molecule has 11 heteroatoms. The molecule has 1 saturated heterocycles. The first-order valence-electron chi connectivity index (χ1n) is 13.7. The van der Waals surface area contributed by atoms with Crippen LogP contribution >= 0.6 is 0 Å². The molecule has 43 heavy (non-hydrogen) atoms. The molecule has 2 aromatic carbocycles. The molecule has 10 nitrogen and oxygen atoms in total. The topological polar surface area (TPSA) is 113 Å². The highest BCUT2D eigenvalue weighted by Crippen LogP contribution is 2.24. The Hall–Kier alpha value is -5.34. The first-order valence-corrected chi connectivity index (χ1v) is 13.7. The van der Waals surface area contributed by atoms with Gasteiger partial charge in [-0.2, -0.15) is 0 Å². The summed E-state index contributed by atoms with van der Waals surface area (Å²) >= 11 is 0. The van der Waals surface area contributed by atoms with Crippen LogP contribution in [0.4, 0.5) is 10.1 Å². The number of ether oxygens (including phenoxy) is 2. The number of hydrogen-bond acceptors (Lipinski definition) is 6. The van der Waals surface area contributed by atoms with Crippen LogP contribution in [0.5, 0.6) is 5.88 Å². The average Bonchev–Trinajstić information content (AvgIpc) is 3.65. The zero-order valence-electron chi connectivity index (χ0n) is 22.9. The zero-order valence-corrected chi connectivity index (χ0v) is 22.9. The van der Waals surface area contributed by atoms with E-state index in [2.05, 4.69) is 9.83 Å². The van der Waals surface area contributed by atoms with Crippen molar-refractivity contribution < 1.29 is 23.8 Å². The van der Waals surface area contributed by atoms with Crippen LogP contribution in [0.25, 0.3) is 27.1 Å². The van der Waals surface area contributed by atoms with Crippen LogP contribution < -0.4 is 10.3 Å². The van der Waals surface area contributed by atoms with E-state index >= 15 is 0 Å². The van der Waals surface area contributed by atoms with Crippen molar-refractivity contribution >= 4 is 22.7 Å². The van der Waals surface area contributed by atoms with Gasteiger partial charge in [-0.25, -0.2) is 24.0 Å². The highest BCUT2D eigenvalue weighted by atomic mass is 19.1. The van der Waals surface area contributed by atoms with Crippen molar-refractivity contribution in [1.82, 2.24) is 19.1 Å². The number of pyridine rings is 2. The van der Waals surface area contributed by atoms with Crippen LogP contribution in [-0.4, -0.2) is 42.9 Å². The summed E-state index contributed by atoms with van der Waals surface area (Å²) in [7, 11) is 0. The quantitative estimate of drug-likeness (QED) is 0.231. The molecule has 0 radical (unpaired) electrons. The van der Waals surface area contributed by atoms with E-state index in [9.17, 15) is 19.1 Å². The summed E-state index contributed by atoms with van der Waals surface area (Å²) in [5.41, 5.74) is 2.82. The molecule has 0 aliphatic carbocycles. The summed E-state index contributed by atoms with van der Waals surface area (Å²) in [6, 6.07) is 17.4. The molecule has 3 aromatic heterocycles. The Morgan fingerprint density at radius 3 is 2.77 bits per heavy atom. The van der Waals surface area contributed by atoms with Crippen molar-refractivity contribution in [3.8, 4) is 17.1 Å². The van der Waals surface area contributed by atoms with Gasteiger partial charge in [0.05, 0.1) is 48.1 Å². The number of carboxylic acids is 1.